The molecule has 1 heterocycles. The van der Waals surface area contributed by atoms with Crippen molar-refractivity contribution in [1.29, 1.82) is 0 Å². The van der Waals surface area contributed by atoms with Crippen molar-refractivity contribution < 1.29 is 4.74 Å². The van der Waals surface area contributed by atoms with Gasteiger partial charge in [0.05, 0.1) is 5.60 Å². The molecule has 0 aromatic carbocycles. The highest BCUT2D eigenvalue weighted by molar-refractivity contribution is 4.94. The van der Waals surface area contributed by atoms with Crippen LogP contribution in [-0.4, -0.2) is 24.3 Å². The van der Waals surface area contributed by atoms with Crippen molar-refractivity contribution in [2.45, 2.75) is 77.0 Å². The van der Waals surface area contributed by atoms with E-state index in [1.165, 1.54) is 38.5 Å². The van der Waals surface area contributed by atoms with Gasteiger partial charge in [-0.25, -0.2) is 0 Å². The van der Waals surface area contributed by atoms with Crippen molar-refractivity contribution in [3.8, 4) is 0 Å². The van der Waals surface area contributed by atoms with E-state index in [0.29, 0.717) is 12.1 Å². The molecular formula is C14H27NO. The first kappa shape index (κ1) is 12.4. The Bertz CT molecular complexity index is 221. The van der Waals surface area contributed by atoms with Crippen LogP contribution in [0, 0.1) is 5.92 Å². The molecule has 1 saturated carbocycles. The van der Waals surface area contributed by atoms with Gasteiger partial charge in [0, 0.05) is 18.7 Å². The first-order valence-corrected chi connectivity index (χ1v) is 7.01. The molecule has 0 bridgehead atoms. The highest BCUT2D eigenvalue weighted by Crippen LogP contribution is 2.40. The molecule has 0 radical (unpaired) electrons. The number of hydrogen-bond acceptors (Lipinski definition) is 2. The Morgan fingerprint density at radius 3 is 2.50 bits per heavy atom. The highest BCUT2D eigenvalue weighted by Gasteiger charge is 2.40. The molecule has 0 amide bonds. The lowest BCUT2D eigenvalue weighted by Crippen LogP contribution is -2.49. The quantitative estimate of drug-likeness (QED) is 0.797. The Morgan fingerprint density at radius 2 is 1.88 bits per heavy atom. The molecule has 1 N–H and O–H groups in total. The van der Waals surface area contributed by atoms with Crippen molar-refractivity contribution in [3.63, 3.8) is 0 Å². The molecule has 2 atom stereocenters. The van der Waals surface area contributed by atoms with Crippen molar-refractivity contribution >= 4 is 0 Å². The van der Waals surface area contributed by atoms with Gasteiger partial charge < -0.3 is 10.1 Å². The van der Waals surface area contributed by atoms with E-state index in [-0.39, 0.29) is 5.60 Å². The fourth-order valence-corrected chi connectivity index (χ4v) is 3.10. The Hall–Kier alpha value is -0.0800. The van der Waals surface area contributed by atoms with Gasteiger partial charge in [-0.3, -0.25) is 0 Å². The molecule has 94 valence electrons. The monoisotopic (exact) mass is 225 g/mol. The van der Waals surface area contributed by atoms with Crippen LogP contribution >= 0.6 is 0 Å². The van der Waals surface area contributed by atoms with Crippen molar-refractivity contribution in [2.24, 2.45) is 5.92 Å². The number of rotatable bonds is 3. The first-order chi connectivity index (χ1) is 7.61. The van der Waals surface area contributed by atoms with Crippen molar-refractivity contribution in [3.05, 3.63) is 0 Å². The smallest absolute Gasteiger partial charge is 0.0697 e. The summed E-state index contributed by atoms with van der Waals surface area (Å²) >= 11 is 0. The molecular weight excluding hydrogens is 198 g/mol. The Kier molecular flexibility index (Phi) is 3.91. The van der Waals surface area contributed by atoms with Gasteiger partial charge in [-0.05, 0) is 38.5 Å². The molecule has 1 spiro atoms. The van der Waals surface area contributed by atoms with Crippen LogP contribution in [0.5, 0.6) is 0 Å². The molecule has 16 heavy (non-hydrogen) atoms. The Morgan fingerprint density at radius 1 is 1.19 bits per heavy atom. The summed E-state index contributed by atoms with van der Waals surface area (Å²) < 4.78 is 6.06. The molecule has 1 aliphatic heterocycles. The van der Waals surface area contributed by atoms with E-state index in [1.807, 2.05) is 0 Å². The number of nitrogens with one attached hydrogen (secondary N) is 1. The molecule has 0 aromatic rings. The van der Waals surface area contributed by atoms with Gasteiger partial charge in [-0.2, -0.15) is 0 Å². The summed E-state index contributed by atoms with van der Waals surface area (Å²) in [4.78, 5) is 0. The molecule has 2 aliphatic rings. The highest BCUT2D eigenvalue weighted by atomic mass is 16.5. The van der Waals surface area contributed by atoms with Gasteiger partial charge in [0.2, 0.25) is 0 Å². The van der Waals surface area contributed by atoms with Gasteiger partial charge in [0.25, 0.3) is 0 Å². The fourth-order valence-electron chi connectivity index (χ4n) is 3.10. The largest absolute Gasteiger partial charge is 0.375 e. The predicted octanol–water partition coefficient (Wildman–Crippen LogP) is 3.11. The third kappa shape index (κ3) is 2.78. The van der Waals surface area contributed by atoms with Crippen LogP contribution in [0.15, 0.2) is 0 Å². The maximum Gasteiger partial charge on any atom is 0.0697 e. The lowest BCUT2D eigenvalue weighted by Gasteiger charge is -2.40. The van der Waals surface area contributed by atoms with Crippen LogP contribution in [0.25, 0.3) is 0 Å². The van der Waals surface area contributed by atoms with Crippen LogP contribution in [0.4, 0.5) is 0 Å². The molecule has 2 rings (SSSR count). The van der Waals surface area contributed by atoms with Crippen LogP contribution < -0.4 is 5.32 Å². The third-order valence-electron chi connectivity index (χ3n) is 4.51. The van der Waals surface area contributed by atoms with E-state index in [0.717, 1.165) is 12.5 Å². The second-order valence-corrected chi connectivity index (χ2v) is 6.13. The summed E-state index contributed by atoms with van der Waals surface area (Å²) in [6, 6.07) is 1.31. The average Bonchev–Trinajstić information content (AvgIpc) is 2.66. The van der Waals surface area contributed by atoms with E-state index in [4.69, 9.17) is 4.74 Å². The zero-order valence-electron chi connectivity index (χ0n) is 11.1. The summed E-state index contributed by atoms with van der Waals surface area (Å²) in [6.07, 6.45) is 7.75. The maximum absolute atomic E-state index is 6.06. The van der Waals surface area contributed by atoms with Gasteiger partial charge in [0.15, 0.2) is 0 Å². The number of ether oxygens (including phenoxy) is 1. The molecule has 2 heteroatoms. The molecule has 0 aromatic heterocycles. The third-order valence-corrected chi connectivity index (χ3v) is 4.51. The molecule has 2 nitrogen and oxygen atoms in total. The minimum Gasteiger partial charge on any atom is -0.375 e. The minimum absolute atomic E-state index is 0.257. The lowest BCUT2D eigenvalue weighted by molar-refractivity contribution is -0.0850. The first-order valence-electron chi connectivity index (χ1n) is 7.01. The summed E-state index contributed by atoms with van der Waals surface area (Å²) in [5.74, 6) is 0.724. The average molecular weight is 225 g/mol. The predicted molar refractivity (Wildman–Crippen MR) is 67.6 cm³/mol. The summed E-state index contributed by atoms with van der Waals surface area (Å²) in [6.45, 7) is 7.86. The van der Waals surface area contributed by atoms with E-state index in [9.17, 15) is 0 Å². The zero-order chi connectivity index (χ0) is 11.6. The lowest BCUT2D eigenvalue weighted by atomic mass is 9.88. The second kappa shape index (κ2) is 5.05. The molecule has 1 aliphatic carbocycles. The number of hydrogen-bond donors (Lipinski definition) is 1. The van der Waals surface area contributed by atoms with Gasteiger partial charge in [0.1, 0.15) is 0 Å². The van der Waals surface area contributed by atoms with E-state index < -0.39 is 0 Å². The molecule has 2 fully saturated rings. The Labute approximate surface area is 100 Å². The van der Waals surface area contributed by atoms with Crippen LogP contribution in [0.2, 0.25) is 0 Å². The van der Waals surface area contributed by atoms with Gasteiger partial charge in [-0.1, -0.05) is 26.7 Å². The normalized spacial score (nSPS) is 31.1. The topological polar surface area (TPSA) is 21.3 Å². The van der Waals surface area contributed by atoms with E-state index in [2.05, 4.69) is 26.1 Å². The zero-order valence-corrected chi connectivity index (χ0v) is 11.1. The van der Waals surface area contributed by atoms with Crippen LogP contribution in [-0.2, 0) is 4.74 Å². The van der Waals surface area contributed by atoms with Crippen molar-refractivity contribution in [1.82, 2.24) is 5.32 Å². The van der Waals surface area contributed by atoms with Gasteiger partial charge >= 0.3 is 0 Å². The van der Waals surface area contributed by atoms with Crippen LogP contribution in [0.3, 0.4) is 0 Å². The van der Waals surface area contributed by atoms with E-state index in [1.54, 1.807) is 0 Å². The summed E-state index contributed by atoms with van der Waals surface area (Å²) in [5, 5.41) is 3.79. The van der Waals surface area contributed by atoms with Gasteiger partial charge in [-0.15, -0.1) is 0 Å². The SMILES string of the molecule is CC(C)C(C)NC1CCOC2(CCCC2)C1. The fraction of sp³-hybridized carbons (Fsp3) is 1.00. The van der Waals surface area contributed by atoms with Crippen LogP contribution in [0.1, 0.15) is 59.3 Å². The standard InChI is InChI=1S/C14H27NO/c1-11(2)12(3)15-13-6-9-16-14(10-13)7-4-5-8-14/h11-13,15H,4-10H2,1-3H3. The minimum atomic E-state index is 0.257. The maximum atomic E-state index is 6.06. The molecule has 1 saturated heterocycles. The Balaban J connectivity index is 1.87. The summed E-state index contributed by atoms with van der Waals surface area (Å²) in [5.41, 5.74) is 0.257. The van der Waals surface area contributed by atoms with E-state index >= 15 is 0 Å². The summed E-state index contributed by atoms with van der Waals surface area (Å²) in [7, 11) is 0. The molecule has 2 unspecified atom stereocenters. The second-order valence-electron chi connectivity index (χ2n) is 6.13. The van der Waals surface area contributed by atoms with Crippen molar-refractivity contribution in [2.75, 3.05) is 6.61 Å².